The predicted octanol–water partition coefficient (Wildman–Crippen LogP) is 2.64. The highest BCUT2D eigenvalue weighted by Crippen LogP contribution is 2.34. The Morgan fingerprint density at radius 3 is 2.89 bits per heavy atom. The van der Waals surface area contributed by atoms with Gasteiger partial charge in [0.05, 0.1) is 23.2 Å². The van der Waals surface area contributed by atoms with Gasteiger partial charge in [-0.05, 0) is 42.3 Å². The van der Waals surface area contributed by atoms with E-state index >= 15 is 0 Å². The SMILES string of the molecule is C[C@@H]1CC(=O)Nc2ccccc2N1C(=O)CSc1nnnn1C1CCCC1. The van der Waals surface area contributed by atoms with E-state index in [0.717, 1.165) is 18.5 Å². The highest BCUT2D eigenvalue weighted by atomic mass is 32.2. The van der Waals surface area contributed by atoms with Gasteiger partial charge in [-0.2, -0.15) is 0 Å². The molecule has 1 aliphatic carbocycles. The van der Waals surface area contributed by atoms with Crippen molar-refractivity contribution in [1.29, 1.82) is 0 Å². The molecule has 1 N–H and O–H groups in total. The first-order chi connectivity index (χ1) is 13.1. The summed E-state index contributed by atoms with van der Waals surface area (Å²) in [6.07, 6.45) is 4.81. The molecular weight excluding hydrogens is 364 g/mol. The van der Waals surface area contributed by atoms with Crippen LogP contribution in [0.15, 0.2) is 29.4 Å². The number of para-hydroxylation sites is 2. The number of benzene rings is 1. The smallest absolute Gasteiger partial charge is 0.237 e. The third-order valence-corrected chi connectivity index (χ3v) is 6.00. The van der Waals surface area contributed by atoms with Crippen molar-refractivity contribution >= 4 is 35.0 Å². The molecule has 142 valence electrons. The Morgan fingerprint density at radius 1 is 1.30 bits per heavy atom. The number of aromatic nitrogens is 4. The lowest BCUT2D eigenvalue weighted by atomic mass is 10.2. The van der Waals surface area contributed by atoms with Gasteiger partial charge < -0.3 is 10.2 Å². The van der Waals surface area contributed by atoms with E-state index in [4.69, 9.17) is 0 Å². The number of thioether (sulfide) groups is 1. The fraction of sp³-hybridized carbons (Fsp3) is 0.500. The summed E-state index contributed by atoms with van der Waals surface area (Å²) in [6.45, 7) is 1.90. The number of hydrogen-bond donors (Lipinski definition) is 1. The highest BCUT2D eigenvalue weighted by molar-refractivity contribution is 7.99. The first kappa shape index (κ1) is 18.0. The summed E-state index contributed by atoms with van der Waals surface area (Å²) in [5.74, 6) is 0.0838. The molecule has 1 aromatic carbocycles. The van der Waals surface area contributed by atoms with Crippen LogP contribution in [0.25, 0.3) is 0 Å². The van der Waals surface area contributed by atoms with E-state index in [0.29, 0.717) is 16.9 Å². The highest BCUT2D eigenvalue weighted by Gasteiger charge is 2.30. The van der Waals surface area contributed by atoms with Gasteiger partial charge in [0.25, 0.3) is 0 Å². The summed E-state index contributed by atoms with van der Waals surface area (Å²) in [5.41, 5.74) is 1.40. The predicted molar refractivity (Wildman–Crippen MR) is 103 cm³/mol. The van der Waals surface area contributed by atoms with Crippen LogP contribution >= 0.6 is 11.8 Å². The van der Waals surface area contributed by atoms with Crippen LogP contribution in [0.1, 0.15) is 45.1 Å². The molecular formula is C18H22N6O2S. The van der Waals surface area contributed by atoms with E-state index in [-0.39, 0.29) is 30.0 Å². The molecule has 27 heavy (non-hydrogen) atoms. The maximum Gasteiger partial charge on any atom is 0.237 e. The molecule has 9 heteroatoms. The van der Waals surface area contributed by atoms with Crippen molar-refractivity contribution in [1.82, 2.24) is 20.2 Å². The largest absolute Gasteiger partial charge is 0.324 e. The second-order valence-electron chi connectivity index (χ2n) is 7.02. The van der Waals surface area contributed by atoms with Crippen LogP contribution in [0.3, 0.4) is 0 Å². The molecule has 0 bridgehead atoms. The van der Waals surface area contributed by atoms with Crippen molar-refractivity contribution in [2.75, 3.05) is 16.0 Å². The Labute approximate surface area is 161 Å². The number of carbonyl (C=O) groups excluding carboxylic acids is 2. The zero-order chi connectivity index (χ0) is 18.8. The van der Waals surface area contributed by atoms with Gasteiger partial charge in [-0.15, -0.1) is 5.10 Å². The maximum atomic E-state index is 13.0. The van der Waals surface area contributed by atoms with Gasteiger partial charge in [-0.1, -0.05) is 36.7 Å². The van der Waals surface area contributed by atoms with Gasteiger partial charge in [0, 0.05) is 12.5 Å². The molecule has 2 aromatic rings. The third-order valence-electron chi connectivity index (χ3n) is 5.09. The molecule has 4 rings (SSSR count). The van der Waals surface area contributed by atoms with Crippen LogP contribution in [0.5, 0.6) is 0 Å². The number of tetrazole rings is 1. The van der Waals surface area contributed by atoms with E-state index in [9.17, 15) is 9.59 Å². The van der Waals surface area contributed by atoms with E-state index in [1.807, 2.05) is 35.9 Å². The Hall–Kier alpha value is -2.42. The lowest BCUT2D eigenvalue weighted by molar-refractivity contribution is -0.117. The molecule has 0 radical (unpaired) electrons. The van der Waals surface area contributed by atoms with Crippen LogP contribution in [0, 0.1) is 0 Å². The van der Waals surface area contributed by atoms with Gasteiger partial charge >= 0.3 is 0 Å². The van der Waals surface area contributed by atoms with Crippen molar-refractivity contribution in [2.24, 2.45) is 0 Å². The molecule has 1 saturated carbocycles. The van der Waals surface area contributed by atoms with Crippen molar-refractivity contribution in [2.45, 2.75) is 56.3 Å². The van der Waals surface area contributed by atoms with Gasteiger partial charge in [-0.25, -0.2) is 4.68 Å². The maximum absolute atomic E-state index is 13.0. The van der Waals surface area contributed by atoms with Crippen LogP contribution in [-0.2, 0) is 9.59 Å². The first-order valence-corrected chi connectivity index (χ1v) is 10.2. The molecule has 1 fully saturated rings. The average Bonchev–Trinajstić information content (AvgIpc) is 3.30. The molecule has 2 heterocycles. The Bertz CT molecular complexity index is 848. The molecule has 1 atom stereocenters. The molecule has 0 saturated heterocycles. The number of hydrogen-bond acceptors (Lipinski definition) is 6. The summed E-state index contributed by atoms with van der Waals surface area (Å²) in [7, 11) is 0. The van der Waals surface area contributed by atoms with E-state index in [1.165, 1.54) is 24.6 Å². The minimum Gasteiger partial charge on any atom is -0.324 e. The van der Waals surface area contributed by atoms with Crippen LogP contribution < -0.4 is 10.2 Å². The summed E-state index contributed by atoms with van der Waals surface area (Å²) < 4.78 is 1.86. The second-order valence-corrected chi connectivity index (χ2v) is 7.96. The molecule has 0 unspecified atom stereocenters. The molecule has 8 nitrogen and oxygen atoms in total. The summed E-state index contributed by atoms with van der Waals surface area (Å²) in [4.78, 5) is 26.8. The Kier molecular flexibility index (Phi) is 5.11. The first-order valence-electron chi connectivity index (χ1n) is 9.25. The minimum absolute atomic E-state index is 0.0579. The quantitative estimate of drug-likeness (QED) is 0.812. The summed E-state index contributed by atoms with van der Waals surface area (Å²) in [5, 5.41) is 15.6. The number of fused-ring (bicyclic) bond motifs is 1. The summed E-state index contributed by atoms with van der Waals surface area (Å²) >= 11 is 1.36. The van der Waals surface area contributed by atoms with Gasteiger partial charge in [0.15, 0.2) is 0 Å². The Morgan fingerprint density at radius 2 is 2.07 bits per heavy atom. The lowest BCUT2D eigenvalue weighted by Crippen LogP contribution is -2.40. The monoisotopic (exact) mass is 386 g/mol. The molecule has 1 aromatic heterocycles. The zero-order valence-corrected chi connectivity index (χ0v) is 16.0. The van der Waals surface area contributed by atoms with Gasteiger partial charge in [0.1, 0.15) is 0 Å². The van der Waals surface area contributed by atoms with Crippen LogP contribution in [0.2, 0.25) is 0 Å². The van der Waals surface area contributed by atoms with Crippen molar-refractivity contribution < 1.29 is 9.59 Å². The number of amides is 2. The molecule has 1 aliphatic heterocycles. The van der Waals surface area contributed by atoms with Crippen molar-refractivity contribution in [3.05, 3.63) is 24.3 Å². The molecule has 2 aliphatic rings. The fourth-order valence-corrected chi connectivity index (χ4v) is 4.63. The van der Waals surface area contributed by atoms with E-state index in [1.54, 1.807) is 4.90 Å². The Balaban J connectivity index is 1.51. The second kappa shape index (κ2) is 7.67. The fourth-order valence-electron chi connectivity index (χ4n) is 3.82. The molecule has 2 amide bonds. The summed E-state index contributed by atoms with van der Waals surface area (Å²) in [6, 6.07) is 7.52. The number of nitrogens with zero attached hydrogens (tertiary/aromatic N) is 5. The third kappa shape index (κ3) is 3.69. The lowest BCUT2D eigenvalue weighted by Gasteiger charge is -2.27. The minimum atomic E-state index is -0.215. The number of rotatable bonds is 4. The number of anilines is 2. The average molecular weight is 386 g/mol. The van der Waals surface area contributed by atoms with Crippen molar-refractivity contribution in [3.63, 3.8) is 0 Å². The van der Waals surface area contributed by atoms with Crippen LogP contribution in [-0.4, -0.2) is 43.8 Å². The number of carbonyl (C=O) groups is 2. The normalized spacial score (nSPS) is 20.3. The van der Waals surface area contributed by atoms with Crippen molar-refractivity contribution in [3.8, 4) is 0 Å². The zero-order valence-electron chi connectivity index (χ0n) is 15.2. The van der Waals surface area contributed by atoms with Crippen LogP contribution in [0.4, 0.5) is 11.4 Å². The van der Waals surface area contributed by atoms with E-state index in [2.05, 4.69) is 20.8 Å². The molecule has 0 spiro atoms. The standard InChI is InChI=1S/C18H22N6O2S/c1-12-10-16(25)19-14-8-4-5-9-15(14)23(12)17(26)11-27-18-20-21-22-24(18)13-6-2-3-7-13/h4-5,8-9,12-13H,2-3,6-7,10-11H2,1H3,(H,19,25)/t12-/m1/s1. The van der Waals surface area contributed by atoms with E-state index < -0.39 is 0 Å². The number of nitrogens with one attached hydrogen (secondary N) is 1. The van der Waals surface area contributed by atoms with Gasteiger partial charge in [0.2, 0.25) is 17.0 Å². The van der Waals surface area contributed by atoms with Gasteiger partial charge in [-0.3, -0.25) is 9.59 Å². The topological polar surface area (TPSA) is 93.0 Å².